The van der Waals surface area contributed by atoms with E-state index in [4.69, 9.17) is 0 Å². The number of carbonyl (C=O) groups is 1. The minimum atomic E-state index is -0.0928. The van der Waals surface area contributed by atoms with Gasteiger partial charge in [0.05, 0.1) is 0 Å². The molecule has 2 N–H and O–H groups in total. The van der Waals surface area contributed by atoms with Gasteiger partial charge in [0.1, 0.15) is 5.84 Å². The second-order valence-corrected chi connectivity index (χ2v) is 8.99. The molecule has 0 radical (unpaired) electrons. The number of aryl methyl sites for hydroxylation is 1. The number of amides is 2. The van der Waals surface area contributed by atoms with E-state index >= 15 is 0 Å². The summed E-state index contributed by atoms with van der Waals surface area (Å²) in [5.74, 6) is 0.942. The molecule has 0 saturated heterocycles. The van der Waals surface area contributed by atoms with Gasteiger partial charge in [-0.05, 0) is 59.9 Å². The maximum absolute atomic E-state index is 13.1. The minimum Gasteiger partial charge on any atom is -0.366 e. The molecule has 2 aliphatic rings. The van der Waals surface area contributed by atoms with Crippen molar-refractivity contribution in [3.8, 4) is 0 Å². The van der Waals surface area contributed by atoms with Crippen LogP contribution in [0.3, 0.4) is 0 Å². The first-order chi connectivity index (χ1) is 16.7. The molecule has 0 saturated carbocycles. The number of nitrogens with one attached hydrogen (secondary N) is 2. The van der Waals surface area contributed by atoms with E-state index in [0.29, 0.717) is 13.1 Å². The number of fused-ring (bicyclic) bond motifs is 3. The van der Waals surface area contributed by atoms with Gasteiger partial charge in [-0.25, -0.2) is 4.79 Å². The summed E-state index contributed by atoms with van der Waals surface area (Å²) in [6.45, 7) is 2.15. The first-order valence-electron chi connectivity index (χ1n) is 11.8. The Morgan fingerprint density at radius 3 is 2.85 bits per heavy atom. The average molecular weight is 450 g/mol. The summed E-state index contributed by atoms with van der Waals surface area (Å²) >= 11 is 0. The molecule has 34 heavy (non-hydrogen) atoms. The van der Waals surface area contributed by atoms with Crippen LogP contribution in [-0.4, -0.2) is 29.5 Å². The van der Waals surface area contributed by atoms with Crippen molar-refractivity contribution >= 4 is 34.1 Å². The number of benzene rings is 3. The molecule has 3 aromatic carbocycles. The molecular weight excluding hydrogens is 422 g/mol. The van der Waals surface area contributed by atoms with Gasteiger partial charge in [-0.15, -0.1) is 0 Å². The number of anilines is 2. The number of aromatic nitrogens is 1. The summed E-state index contributed by atoms with van der Waals surface area (Å²) < 4.78 is 2.12. The fourth-order valence-electron chi connectivity index (χ4n) is 4.99. The highest BCUT2D eigenvalue weighted by atomic mass is 16.2. The Bertz CT molecular complexity index is 1430. The Morgan fingerprint density at radius 2 is 1.91 bits per heavy atom. The predicted molar refractivity (Wildman–Crippen MR) is 138 cm³/mol. The van der Waals surface area contributed by atoms with Crippen molar-refractivity contribution in [2.75, 3.05) is 23.3 Å². The monoisotopic (exact) mass is 449 g/mol. The van der Waals surface area contributed by atoms with Gasteiger partial charge >= 0.3 is 6.03 Å². The molecule has 1 aromatic heterocycles. The van der Waals surface area contributed by atoms with E-state index in [-0.39, 0.29) is 6.03 Å². The summed E-state index contributed by atoms with van der Waals surface area (Å²) in [6, 6.07) is 22.8. The predicted octanol–water partition coefficient (Wildman–Crippen LogP) is 4.87. The molecule has 2 aliphatic heterocycles. The lowest BCUT2D eigenvalue weighted by molar-refractivity contribution is 0.257. The zero-order valence-electron chi connectivity index (χ0n) is 19.2. The number of hydrogen-bond donors (Lipinski definition) is 2. The number of rotatable bonds is 3. The number of nitrogens with zero attached hydrogens (tertiary/aromatic N) is 3. The van der Waals surface area contributed by atoms with Crippen molar-refractivity contribution in [2.24, 2.45) is 12.0 Å². The average Bonchev–Trinajstić information content (AvgIpc) is 3.44. The van der Waals surface area contributed by atoms with Crippen LogP contribution in [0.1, 0.15) is 22.3 Å². The number of carbonyl (C=O) groups excluding carboxylic acids is 1. The van der Waals surface area contributed by atoms with Gasteiger partial charge in [-0.3, -0.25) is 9.89 Å². The first kappa shape index (κ1) is 20.5. The van der Waals surface area contributed by atoms with Gasteiger partial charge in [0.2, 0.25) is 0 Å². The van der Waals surface area contributed by atoms with Crippen molar-refractivity contribution in [2.45, 2.75) is 19.4 Å². The van der Waals surface area contributed by atoms with E-state index in [0.717, 1.165) is 47.5 Å². The van der Waals surface area contributed by atoms with Gasteiger partial charge < -0.3 is 15.2 Å². The Labute approximate surface area is 198 Å². The molecule has 6 heteroatoms. The fraction of sp³-hybridized carbons (Fsp3) is 0.214. The maximum Gasteiger partial charge on any atom is 0.326 e. The van der Waals surface area contributed by atoms with Crippen LogP contribution in [0, 0.1) is 0 Å². The molecule has 6 nitrogen and oxygen atoms in total. The summed E-state index contributed by atoms with van der Waals surface area (Å²) in [6.07, 6.45) is 3.91. The molecule has 0 atom stereocenters. The van der Waals surface area contributed by atoms with E-state index in [1.807, 2.05) is 23.1 Å². The molecule has 4 aromatic rings. The normalized spacial score (nSPS) is 14.5. The van der Waals surface area contributed by atoms with Gasteiger partial charge in [0, 0.05) is 60.7 Å². The van der Waals surface area contributed by atoms with Crippen LogP contribution < -0.4 is 15.5 Å². The molecule has 0 aliphatic carbocycles. The van der Waals surface area contributed by atoms with Crippen molar-refractivity contribution in [1.82, 2.24) is 9.88 Å². The smallest absolute Gasteiger partial charge is 0.326 e. The Hall–Kier alpha value is -4.06. The van der Waals surface area contributed by atoms with Crippen LogP contribution in [0.5, 0.6) is 0 Å². The largest absolute Gasteiger partial charge is 0.366 e. The second kappa shape index (κ2) is 8.37. The third-order valence-electron chi connectivity index (χ3n) is 6.79. The number of aliphatic imine (C=N–C) groups is 1. The number of amidine groups is 1. The van der Waals surface area contributed by atoms with Gasteiger partial charge in [-0.1, -0.05) is 36.4 Å². The summed E-state index contributed by atoms with van der Waals surface area (Å²) in [5.41, 5.74) is 7.82. The fourth-order valence-corrected chi connectivity index (χ4v) is 4.99. The van der Waals surface area contributed by atoms with Crippen molar-refractivity contribution < 1.29 is 4.79 Å². The van der Waals surface area contributed by atoms with Gasteiger partial charge in [-0.2, -0.15) is 0 Å². The number of urea groups is 1. The lowest BCUT2D eigenvalue weighted by Gasteiger charge is -2.19. The summed E-state index contributed by atoms with van der Waals surface area (Å²) in [5, 5.41) is 7.74. The molecule has 3 heterocycles. The van der Waals surface area contributed by atoms with Gasteiger partial charge in [0.25, 0.3) is 0 Å². The first-order valence-corrected chi connectivity index (χ1v) is 11.8. The van der Waals surface area contributed by atoms with E-state index in [2.05, 4.69) is 82.0 Å². The van der Waals surface area contributed by atoms with E-state index in [1.54, 1.807) is 0 Å². The topological polar surface area (TPSA) is 61.7 Å². The zero-order valence-corrected chi connectivity index (χ0v) is 19.2. The Morgan fingerprint density at radius 1 is 1.00 bits per heavy atom. The summed E-state index contributed by atoms with van der Waals surface area (Å²) in [7, 11) is 2.05. The van der Waals surface area contributed by atoms with Crippen LogP contribution in [-0.2, 0) is 26.4 Å². The maximum atomic E-state index is 13.1. The second-order valence-electron chi connectivity index (χ2n) is 8.99. The van der Waals surface area contributed by atoms with Crippen molar-refractivity contribution in [3.05, 3.63) is 95.2 Å². The van der Waals surface area contributed by atoms with Crippen LogP contribution in [0.4, 0.5) is 16.2 Å². The highest BCUT2D eigenvalue weighted by Gasteiger charge is 2.25. The van der Waals surface area contributed by atoms with E-state index in [1.165, 1.54) is 22.2 Å². The van der Waals surface area contributed by atoms with Crippen LogP contribution in [0.2, 0.25) is 0 Å². The molecule has 0 bridgehead atoms. The van der Waals surface area contributed by atoms with Crippen molar-refractivity contribution in [3.63, 3.8) is 0 Å². The van der Waals surface area contributed by atoms with Crippen LogP contribution >= 0.6 is 0 Å². The molecule has 2 amide bonds. The SMILES string of the molecule is Cn1ccc2cc3c(cc21)CCN3C(=O)Nc1cccc(CNC2=NCCc3ccccc32)c1. The van der Waals surface area contributed by atoms with Crippen LogP contribution in [0.15, 0.2) is 77.9 Å². The summed E-state index contributed by atoms with van der Waals surface area (Å²) in [4.78, 5) is 19.7. The van der Waals surface area contributed by atoms with Crippen LogP contribution in [0.25, 0.3) is 10.9 Å². The minimum absolute atomic E-state index is 0.0928. The standard InChI is InChI=1S/C28H27N5O/c1-32-13-10-21-17-26-22(16-25(21)32)11-14-33(26)28(34)31-23-7-4-5-19(15-23)18-30-27-24-8-3-2-6-20(24)9-12-29-27/h2-8,10,13,15-17H,9,11-12,14,18H2,1H3,(H,29,30)(H,31,34). The van der Waals surface area contributed by atoms with Gasteiger partial charge in [0.15, 0.2) is 0 Å². The quantitative estimate of drug-likeness (QED) is 0.469. The lowest BCUT2D eigenvalue weighted by Crippen LogP contribution is -2.33. The molecule has 0 unspecified atom stereocenters. The van der Waals surface area contributed by atoms with E-state index < -0.39 is 0 Å². The highest BCUT2D eigenvalue weighted by molar-refractivity contribution is 6.05. The third kappa shape index (κ3) is 3.71. The third-order valence-corrected chi connectivity index (χ3v) is 6.79. The van der Waals surface area contributed by atoms with Crippen molar-refractivity contribution in [1.29, 1.82) is 0 Å². The number of hydrogen-bond acceptors (Lipinski definition) is 3. The van der Waals surface area contributed by atoms with E-state index in [9.17, 15) is 4.79 Å². The highest BCUT2D eigenvalue weighted by Crippen LogP contribution is 2.33. The molecule has 6 rings (SSSR count). The molecule has 170 valence electrons. The Kier molecular flexibility index (Phi) is 5.06. The zero-order chi connectivity index (χ0) is 23.1. The molecular formula is C28H27N5O. The molecule has 0 spiro atoms. The lowest BCUT2D eigenvalue weighted by atomic mass is 10.0. The Balaban J connectivity index is 1.15. The molecule has 0 fully saturated rings.